The van der Waals surface area contributed by atoms with Gasteiger partial charge in [0.05, 0.1) is 23.3 Å². The van der Waals surface area contributed by atoms with Crippen molar-refractivity contribution in [2.75, 3.05) is 26.3 Å². The van der Waals surface area contributed by atoms with E-state index in [4.69, 9.17) is 37.2 Å². The zero-order valence-electron chi connectivity index (χ0n) is 20.5. The van der Waals surface area contributed by atoms with Crippen LogP contribution in [0.3, 0.4) is 0 Å². The Kier molecular flexibility index (Phi) is 9.47. The number of amides is 1. The van der Waals surface area contributed by atoms with Crippen molar-refractivity contribution in [3.63, 3.8) is 0 Å². The summed E-state index contributed by atoms with van der Waals surface area (Å²) in [5.41, 5.74) is 1.27. The molecular formula is C26H35Cl2N3O4. The molecule has 1 saturated heterocycles. The SMILES string of the molecule is CCN(CC)C1CCC(NC(=O)c2c(-c3c(Cl)cccc3Cl)noc2CCC2OCCCO2)CC1. The smallest absolute Gasteiger partial charge is 0.257 e. The molecule has 2 heterocycles. The Morgan fingerprint density at radius 2 is 1.74 bits per heavy atom. The van der Waals surface area contributed by atoms with Gasteiger partial charge in [-0.05, 0) is 57.3 Å². The molecule has 0 unspecified atom stereocenters. The average molecular weight is 524 g/mol. The van der Waals surface area contributed by atoms with Gasteiger partial charge in [0.25, 0.3) is 5.91 Å². The van der Waals surface area contributed by atoms with Gasteiger partial charge in [-0.2, -0.15) is 0 Å². The fraction of sp³-hybridized carbons (Fsp3) is 0.615. The van der Waals surface area contributed by atoms with Gasteiger partial charge in [0.15, 0.2) is 6.29 Å². The predicted octanol–water partition coefficient (Wildman–Crippen LogP) is 5.73. The molecule has 0 radical (unpaired) electrons. The number of nitrogens with zero attached hydrogens (tertiary/aromatic N) is 2. The zero-order valence-corrected chi connectivity index (χ0v) is 22.0. The van der Waals surface area contributed by atoms with Gasteiger partial charge in [0, 0.05) is 30.5 Å². The molecule has 1 aliphatic heterocycles. The van der Waals surface area contributed by atoms with Crippen LogP contribution >= 0.6 is 23.2 Å². The number of aromatic nitrogens is 1. The van der Waals surface area contributed by atoms with Gasteiger partial charge in [-0.15, -0.1) is 0 Å². The van der Waals surface area contributed by atoms with Gasteiger partial charge >= 0.3 is 0 Å². The number of benzene rings is 1. The summed E-state index contributed by atoms with van der Waals surface area (Å²) in [6, 6.07) is 5.92. The van der Waals surface area contributed by atoms with Crippen LogP contribution in [0.5, 0.6) is 0 Å². The molecule has 1 aromatic heterocycles. The van der Waals surface area contributed by atoms with E-state index >= 15 is 0 Å². The van der Waals surface area contributed by atoms with E-state index in [9.17, 15) is 4.79 Å². The Bertz CT molecular complexity index is 961. The van der Waals surface area contributed by atoms with Crippen molar-refractivity contribution in [3.8, 4) is 11.3 Å². The zero-order chi connectivity index (χ0) is 24.8. The fourth-order valence-electron chi connectivity index (χ4n) is 5.16. The van der Waals surface area contributed by atoms with Gasteiger partial charge < -0.3 is 24.2 Å². The Morgan fingerprint density at radius 3 is 2.37 bits per heavy atom. The van der Waals surface area contributed by atoms with Gasteiger partial charge in [-0.1, -0.05) is 48.3 Å². The Morgan fingerprint density at radius 1 is 1.09 bits per heavy atom. The minimum absolute atomic E-state index is 0.108. The van der Waals surface area contributed by atoms with Crippen LogP contribution in [0, 0.1) is 0 Å². The van der Waals surface area contributed by atoms with Crippen molar-refractivity contribution >= 4 is 29.1 Å². The normalized spacial score (nSPS) is 21.4. The van der Waals surface area contributed by atoms with Crippen LogP contribution < -0.4 is 5.32 Å². The highest BCUT2D eigenvalue weighted by molar-refractivity contribution is 6.39. The van der Waals surface area contributed by atoms with E-state index in [0.29, 0.717) is 64.7 Å². The molecule has 0 bridgehead atoms. The maximum atomic E-state index is 13.6. The topological polar surface area (TPSA) is 76.8 Å². The maximum Gasteiger partial charge on any atom is 0.257 e. The van der Waals surface area contributed by atoms with Crippen molar-refractivity contribution in [1.29, 1.82) is 0 Å². The lowest BCUT2D eigenvalue weighted by atomic mass is 9.89. The second-order valence-corrected chi connectivity index (χ2v) is 10.0. The fourth-order valence-corrected chi connectivity index (χ4v) is 5.74. The first-order valence-corrected chi connectivity index (χ1v) is 13.5. The molecule has 2 aromatic rings. The number of aryl methyl sites for hydroxylation is 1. The quantitative estimate of drug-likeness (QED) is 0.452. The van der Waals surface area contributed by atoms with E-state index in [2.05, 4.69) is 29.2 Å². The van der Waals surface area contributed by atoms with E-state index < -0.39 is 0 Å². The third-order valence-corrected chi connectivity index (χ3v) is 7.68. The lowest BCUT2D eigenvalue weighted by Crippen LogP contribution is -2.44. The van der Waals surface area contributed by atoms with Crippen molar-refractivity contribution < 1.29 is 18.8 Å². The molecule has 2 fully saturated rings. The molecule has 192 valence electrons. The number of rotatable bonds is 9. The predicted molar refractivity (Wildman–Crippen MR) is 137 cm³/mol. The number of nitrogens with one attached hydrogen (secondary N) is 1. The first-order chi connectivity index (χ1) is 17.0. The average Bonchev–Trinajstić information content (AvgIpc) is 3.28. The third kappa shape index (κ3) is 6.38. The molecule has 1 aromatic carbocycles. The molecule has 1 N–H and O–H groups in total. The van der Waals surface area contributed by atoms with Crippen LogP contribution in [0.25, 0.3) is 11.3 Å². The number of halogens is 2. The van der Waals surface area contributed by atoms with E-state index in [1.807, 2.05) is 0 Å². The van der Waals surface area contributed by atoms with Crippen molar-refractivity contribution in [3.05, 3.63) is 39.6 Å². The molecular weight excluding hydrogens is 489 g/mol. The summed E-state index contributed by atoms with van der Waals surface area (Å²) in [5.74, 6) is 0.284. The first kappa shape index (κ1) is 26.4. The van der Waals surface area contributed by atoms with Gasteiger partial charge in [0.2, 0.25) is 0 Å². The molecule has 2 aliphatic rings. The summed E-state index contributed by atoms with van der Waals surface area (Å²) in [5, 5.41) is 8.33. The first-order valence-electron chi connectivity index (χ1n) is 12.7. The largest absolute Gasteiger partial charge is 0.360 e. The summed E-state index contributed by atoms with van der Waals surface area (Å²) >= 11 is 12.9. The third-order valence-electron chi connectivity index (χ3n) is 7.05. The van der Waals surface area contributed by atoms with Crippen LogP contribution in [0.2, 0.25) is 10.0 Å². The molecule has 4 rings (SSSR count). The van der Waals surface area contributed by atoms with E-state index in [1.165, 1.54) is 0 Å². The number of hydrogen-bond acceptors (Lipinski definition) is 6. The number of carbonyl (C=O) groups is 1. The van der Waals surface area contributed by atoms with Crippen LogP contribution in [0.4, 0.5) is 0 Å². The van der Waals surface area contributed by atoms with Crippen LogP contribution in [-0.2, 0) is 15.9 Å². The molecule has 1 saturated carbocycles. The second kappa shape index (κ2) is 12.5. The monoisotopic (exact) mass is 523 g/mol. The minimum atomic E-state index is -0.313. The lowest BCUT2D eigenvalue weighted by Gasteiger charge is -2.36. The molecule has 1 amide bonds. The minimum Gasteiger partial charge on any atom is -0.360 e. The molecule has 0 spiro atoms. The highest BCUT2D eigenvalue weighted by Crippen LogP contribution is 2.37. The Labute approximate surface area is 217 Å². The van der Waals surface area contributed by atoms with Gasteiger partial charge in [-0.25, -0.2) is 0 Å². The second-order valence-electron chi connectivity index (χ2n) is 9.19. The highest BCUT2D eigenvalue weighted by atomic mass is 35.5. The van der Waals surface area contributed by atoms with E-state index in [1.54, 1.807) is 18.2 Å². The van der Waals surface area contributed by atoms with Crippen LogP contribution in [0.15, 0.2) is 22.7 Å². The molecule has 35 heavy (non-hydrogen) atoms. The highest BCUT2D eigenvalue weighted by Gasteiger charge is 2.31. The van der Waals surface area contributed by atoms with E-state index in [-0.39, 0.29) is 18.2 Å². The van der Waals surface area contributed by atoms with Crippen molar-refractivity contribution in [2.45, 2.75) is 77.2 Å². The Hall–Kier alpha value is -1.64. The van der Waals surface area contributed by atoms with E-state index in [0.717, 1.165) is 45.2 Å². The summed E-state index contributed by atoms with van der Waals surface area (Å²) in [6.45, 7) is 7.86. The van der Waals surface area contributed by atoms with Crippen molar-refractivity contribution in [2.24, 2.45) is 0 Å². The van der Waals surface area contributed by atoms with Gasteiger partial charge in [0.1, 0.15) is 17.0 Å². The molecule has 9 heteroatoms. The number of ether oxygens (including phenoxy) is 2. The summed E-state index contributed by atoms with van der Waals surface area (Å²) in [7, 11) is 0. The molecule has 0 atom stereocenters. The maximum absolute atomic E-state index is 13.6. The lowest BCUT2D eigenvalue weighted by molar-refractivity contribution is -0.181. The number of hydrogen-bond donors (Lipinski definition) is 1. The molecule has 7 nitrogen and oxygen atoms in total. The summed E-state index contributed by atoms with van der Waals surface area (Å²) in [4.78, 5) is 16.1. The Balaban J connectivity index is 1.53. The summed E-state index contributed by atoms with van der Waals surface area (Å²) < 4.78 is 17.0. The van der Waals surface area contributed by atoms with Crippen molar-refractivity contribution in [1.82, 2.24) is 15.4 Å². The number of carbonyl (C=O) groups excluding carboxylic acids is 1. The molecule has 1 aliphatic carbocycles. The van der Waals surface area contributed by atoms with Crippen LogP contribution in [0.1, 0.15) is 68.5 Å². The summed E-state index contributed by atoms with van der Waals surface area (Å²) in [6.07, 6.45) is 5.63. The van der Waals surface area contributed by atoms with Crippen LogP contribution in [-0.4, -0.2) is 60.6 Å². The van der Waals surface area contributed by atoms with Gasteiger partial charge in [-0.3, -0.25) is 4.79 Å². The standard InChI is InChI=1S/C26H35Cl2N3O4/c1-3-31(4-2)18-11-9-17(10-12-18)29-26(32)24-21(13-14-22-33-15-6-16-34-22)35-30-25(24)23-19(27)7-5-8-20(23)28/h5,7-8,17-18,22H,3-4,6,9-16H2,1-2H3,(H,29,32).